The van der Waals surface area contributed by atoms with Crippen molar-refractivity contribution in [3.8, 4) is 27.7 Å². The van der Waals surface area contributed by atoms with E-state index in [0.29, 0.717) is 91.1 Å². The average molecular weight is 1090 g/mol. The van der Waals surface area contributed by atoms with E-state index in [4.69, 9.17) is 9.47 Å². The molecule has 79 heavy (non-hydrogen) atoms. The Hall–Kier alpha value is -7.97. The molecule has 2 saturated carbocycles. The zero-order valence-electron chi connectivity index (χ0n) is 44.7. The molecule has 10 rings (SSSR count). The van der Waals surface area contributed by atoms with Crippen molar-refractivity contribution < 1.29 is 47.7 Å². The number of aryl methyl sites for hydroxylation is 1. The van der Waals surface area contributed by atoms with Gasteiger partial charge in [-0.2, -0.15) is 0 Å². The topological polar surface area (TPSA) is 234 Å². The molecule has 412 valence electrons. The van der Waals surface area contributed by atoms with Crippen molar-refractivity contribution in [2.45, 2.75) is 103 Å². The number of rotatable bonds is 17. The van der Waals surface area contributed by atoms with Gasteiger partial charge in [0.15, 0.2) is 0 Å². The summed E-state index contributed by atoms with van der Waals surface area (Å²) in [5.41, 5.74) is 3.67. The number of aliphatic hydroxyl groups is 1. The Morgan fingerprint density at radius 2 is 1.44 bits per heavy atom. The molecule has 0 spiro atoms. The quantitative estimate of drug-likeness (QED) is 0.0484. The van der Waals surface area contributed by atoms with Crippen LogP contribution >= 0.6 is 11.3 Å². The number of halogens is 1. The number of aromatic nitrogens is 2. The van der Waals surface area contributed by atoms with Crippen LogP contribution in [0.2, 0.25) is 0 Å². The van der Waals surface area contributed by atoms with Gasteiger partial charge in [-0.05, 0) is 129 Å². The largest absolute Gasteiger partial charge is 0.495 e. The second-order valence-corrected chi connectivity index (χ2v) is 23.0. The number of carbonyl (C=O) groups is 6. The van der Waals surface area contributed by atoms with Crippen LogP contribution in [0.3, 0.4) is 0 Å². The molecule has 4 fully saturated rings. The number of thiazole rings is 1. The molecule has 0 radical (unpaired) electrons. The van der Waals surface area contributed by atoms with Crippen molar-refractivity contribution in [3.05, 3.63) is 120 Å². The molecule has 2 saturated heterocycles. The van der Waals surface area contributed by atoms with Crippen LogP contribution in [0.1, 0.15) is 77.0 Å². The number of fused-ring (bicyclic) bond motifs is 1. The highest BCUT2D eigenvalue weighted by molar-refractivity contribution is 7.13. The van der Waals surface area contributed by atoms with E-state index in [1.165, 1.54) is 29.2 Å². The number of anilines is 3. The monoisotopic (exact) mass is 1090 g/mol. The van der Waals surface area contributed by atoms with Gasteiger partial charge in [-0.25, -0.2) is 9.37 Å². The lowest BCUT2D eigenvalue weighted by Crippen LogP contribution is -2.60. The molecule has 4 aromatic carbocycles. The maximum Gasteiger partial charge on any atom is 0.246 e. The Morgan fingerprint density at radius 3 is 2.04 bits per heavy atom. The van der Waals surface area contributed by atoms with Gasteiger partial charge in [0.05, 0.1) is 40.5 Å². The lowest BCUT2D eigenvalue weighted by atomic mass is 9.85. The molecule has 18 nitrogen and oxygen atoms in total. The van der Waals surface area contributed by atoms with Crippen molar-refractivity contribution in [3.63, 3.8) is 0 Å². The zero-order valence-corrected chi connectivity index (χ0v) is 45.5. The smallest absolute Gasteiger partial charge is 0.246 e. The highest BCUT2D eigenvalue weighted by Gasteiger charge is 2.59. The molecule has 0 bridgehead atoms. The number of piperidine rings is 1. The standard InChI is InChI=1S/C59H64FN9O9S/c1-34-49(79-33-63-34)36-8-6-35(7-9-36)31-62-51(71)46-28-41(70)32-69(46)52(72)50(57(2,3)4)67-56(76)59(23-24-59)55(75)66-40-19-26-68(27-20-40)45-30-44-43(29-48(45)77-5)47(18-25-61-44)78-42-16-14-39(15-17-42)65-54(74)58(21-22-58)53(73)64-38-12-10-37(60)11-13-38/h6-18,25,29-30,33,40-41,46,50,70H,19-24,26-28,31-32H2,1-5H3,(H,62,71)(H,64,73)(H,65,74)(H,66,75)(H,67,76)/t41-,46+,50-/m1/s1. The molecular formula is C59H64FN9O9S. The normalized spacial score (nSPS) is 18.7. The Kier molecular flexibility index (Phi) is 15.2. The summed E-state index contributed by atoms with van der Waals surface area (Å²) in [6, 6.07) is 23.3. The third-order valence-electron chi connectivity index (χ3n) is 15.5. The number of pyridine rings is 1. The minimum atomic E-state index is -1.34. The second-order valence-electron chi connectivity index (χ2n) is 22.1. The van der Waals surface area contributed by atoms with Crippen LogP contribution in [-0.4, -0.2) is 106 Å². The lowest BCUT2D eigenvalue weighted by molar-refractivity contribution is -0.146. The van der Waals surface area contributed by atoms with Gasteiger partial charge in [0.25, 0.3) is 0 Å². The number of nitrogens with one attached hydrogen (secondary N) is 5. The van der Waals surface area contributed by atoms with Crippen LogP contribution in [0.5, 0.6) is 17.2 Å². The SMILES string of the molecule is COc1cc2c(Oc3ccc(NC(=O)C4(C(=O)Nc5ccc(F)cc5)CC4)cc3)ccnc2cc1N1CCC(NC(=O)C2(C(=O)N[C@H](C(=O)N3C[C@H](O)C[C@H]3C(=O)NCc3ccc(-c4scnc4C)cc3)C(C)(C)C)CC2)CC1. The van der Waals surface area contributed by atoms with Crippen LogP contribution in [0.15, 0.2) is 103 Å². The second kappa shape index (κ2) is 22.0. The molecule has 6 N–H and O–H groups in total. The van der Waals surface area contributed by atoms with Gasteiger partial charge in [0.2, 0.25) is 35.4 Å². The van der Waals surface area contributed by atoms with Crippen LogP contribution in [0.25, 0.3) is 21.3 Å². The molecule has 2 aliphatic heterocycles. The number of hydrogen-bond acceptors (Lipinski definition) is 13. The summed E-state index contributed by atoms with van der Waals surface area (Å²) in [5, 5.41) is 26.0. The number of ether oxygens (including phenoxy) is 2. The van der Waals surface area contributed by atoms with E-state index < -0.39 is 69.8 Å². The van der Waals surface area contributed by atoms with Crippen molar-refractivity contribution in [1.82, 2.24) is 30.8 Å². The maximum absolute atomic E-state index is 14.4. The summed E-state index contributed by atoms with van der Waals surface area (Å²) < 4.78 is 25.6. The minimum absolute atomic E-state index is 0.0513. The lowest BCUT2D eigenvalue weighted by Gasteiger charge is -2.37. The summed E-state index contributed by atoms with van der Waals surface area (Å²) >= 11 is 1.56. The molecule has 20 heteroatoms. The van der Waals surface area contributed by atoms with E-state index in [1.54, 1.807) is 60.5 Å². The Balaban J connectivity index is 0.723. The number of aliphatic hydroxyl groups excluding tert-OH is 1. The van der Waals surface area contributed by atoms with E-state index in [1.807, 2.05) is 64.1 Å². The summed E-state index contributed by atoms with van der Waals surface area (Å²) in [6.07, 6.45) is 3.39. The first-order valence-electron chi connectivity index (χ1n) is 26.6. The number of hydrogen-bond donors (Lipinski definition) is 6. The van der Waals surface area contributed by atoms with Gasteiger partial charge in [0, 0.05) is 61.6 Å². The number of benzene rings is 4. The van der Waals surface area contributed by atoms with Gasteiger partial charge >= 0.3 is 0 Å². The molecule has 2 aliphatic carbocycles. The molecule has 2 aromatic heterocycles. The van der Waals surface area contributed by atoms with E-state index in [2.05, 4.69) is 41.5 Å². The Labute approximate surface area is 460 Å². The zero-order chi connectivity index (χ0) is 55.8. The minimum Gasteiger partial charge on any atom is -0.495 e. The predicted octanol–water partition coefficient (Wildman–Crippen LogP) is 7.64. The van der Waals surface area contributed by atoms with Crippen LogP contribution in [0.4, 0.5) is 21.5 Å². The summed E-state index contributed by atoms with van der Waals surface area (Å²) in [6.45, 7) is 8.70. The van der Waals surface area contributed by atoms with Gasteiger partial charge in [-0.15, -0.1) is 11.3 Å². The van der Waals surface area contributed by atoms with Gasteiger partial charge in [0.1, 0.15) is 46.0 Å². The average Bonchev–Trinajstić information content (AvgIpc) is 4.57. The maximum atomic E-state index is 14.4. The Bertz CT molecular complexity index is 3300. The number of nitrogens with zero attached hydrogens (tertiary/aromatic N) is 4. The fourth-order valence-electron chi connectivity index (χ4n) is 10.4. The Morgan fingerprint density at radius 1 is 0.810 bits per heavy atom. The van der Waals surface area contributed by atoms with Gasteiger partial charge in [-0.3, -0.25) is 33.8 Å². The van der Waals surface area contributed by atoms with Crippen molar-refractivity contribution in [2.75, 3.05) is 42.3 Å². The first kappa shape index (κ1) is 54.4. The van der Waals surface area contributed by atoms with Crippen molar-refractivity contribution in [2.24, 2.45) is 16.2 Å². The molecule has 6 aromatic rings. The fraction of sp³-hybridized carbons (Fsp3) is 0.390. The first-order chi connectivity index (χ1) is 37.8. The van der Waals surface area contributed by atoms with Crippen LogP contribution in [-0.2, 0) is 35.3 Å². The molecule has 4 heterocycles. The number of β-amino-alcohol motifs (C(OH)–C–C–N with tert-alkyl or cyclic N) is 1. The molecule has 0 unspecified atom stereocenters. The molecule has 6 amide bonds. The highest BCUT2D eigenvalue weighted by Crippen LogP contribution is 2.49. The number of carbonyl (C=O) groups excluding carboxylic acids is 6. The van der Waals surface area contributed by atoms with Gasteiger partial charge in [-0.1, -0.05) is 45.0 Å². The summed E-state index contributed by atoms with van der Waals surface area (Å²) in [7, 11) is 1.59. The molecule has 3 atom stereocenters. The van der Waals surface area contributed by atoms with E-state index in [9.17, 15) is 38.3 Å². The fourth-order valence-corrected chi connectivity index (χ4v) is 11.2. The van der Waals surface area contributed by atoms with Crippen LogP contribution in [0, 0.1) is 29.0 Å². The van der Waals surface area contributed by atoms with Crippen molar-refractivity contribution >= 4 is 74.7 Å². The molecule has 4 aliphatic rings. The first-order valence-corrected chi connectivity index (χ1v) is 27.5. The predicted molar refractivity (Wildman–Crippen MR) is 297 cm³/mol. The van der Waals surface area contributed by atoms with E-state index in [0.717, 1.165) is 27.4 Å². The van der Waals surface area contributed by atoms with E-state index >= 15 is 0 Å². The third kappa shape index (κ3) is 11.6. The molecular weight excluding hydrogens is 1030 g/mol. The van der Waals surface area contributed by atoms with Crippen LogP contribution < -0.4 is 41.0 Å². The van der Waals surface area contributed by atoms with E-state index in [-0.39, 0.29) is 31.5 Å². The number of likely N-dealkylation sites (tertiary alicyclic amines) is 1. The third-order valence-corrected chi connectivity index (χ3v) is 16.5. The number of methoxy groups -OCH3 is 1. The van der Waals surface area contributed by atoms with Gasteiger partial charge < -0.3 is 51.0 Å². The summed E-state index contributed by atoms with van der Waals surface area (Å²) in [4.78, 5) is 96.2. The summed E-state index contributed by atoms with van der Waals surface area (Å²) in [5.74, 6) is -1.51. The number of amides is 6. The highest BCUT2D eigenvalue weighted by atomic mass is 32.1. The van der Waals surface area contributed by atoms with Crippen molar-refractivity contribution in [1.29, 1.82) is 0 Å².